The normalized spacial score (nSPS) is 11.6. The Kier molecular flexibility index (Phi) is 14.4. The highest BCUT2D eigenvalue weighted by atomic mass is 16.5. The quantitative estimate of drug-likeness (QED) is 0.636. The van der Waals surface area contributed by atoms with Crippen molar-refractivity contribution in [1.82, 2.24) is 0 Å². The Bertz CT molecular complexity index is 181. The first-order chi connectivity index (χ1) is 7.12. The van der Waals surface area contributed by atoms with Crippen LogP contribution in [0.25, 0.3) is 0 Å². The summed E-state index contributed by atoms with van der Waals surface area (Å²) >= 11 is 0. The van der Waals surface area contributed by atoms with Crippen LogP contribution in [0.1, 0.15) is 48.0 Å². The van der Waals surface area contributed by atoms with E-state index in [0.717, 1.165) is 31.2 Å². The fraction of sp³-hybridized carbons (Fsp3) is 0.692. The lowest BCUT2D eigenvalue weighted by Crippen LogP contribution is -1.88. The molecule has 0 aliphatic rings. The third-order valence-electron chi connectivity index (χ3n) is 1.72. The van der Waals surface area contributed by atoms with E-state index in [4.69, 9.17) is 9.47 Å². The molecule has 0 unspecified atom stereocenters. The van der Waals surface area contributed by atoms with E-state index in [1.807, 2.05) is 46.8 Å². The highest BCUT2D eigenvalue weighted by Gasteiger charge is 1.82. The van der Waals surface area contributed by atoms with Crippen molar-refractivity contribution < 1.29 is 9.47 Å². The molecule has 0 aromatic heterocycles. The number of allylic oxidation sites excluding steroid dienone is 4. The lowest BCUT2D eigenvalue weighted by atomic mass is 10.5. The molecule has 0 N–H and O–H groups in total. The molecular formula is C13H26O2. The van der Waals surface area contributed by atoms with Crippen LogP contribution < -0.4 is 0 Å². The summed E-state index contributed by atoms with van der Waals surface area (Å²) in [7, 11) is 0. The van der Waals surface area contributed by atoms with E-state index < -0.39 is 0 Å². The van der Waals surface area contributed by atoms with E-state index in [1.165, 1.54) is 0 Å². The maximum Gasteiger partial charge on any atom is 0.0886 e. The predicted molar refractivity (Wildman–Crippen MR) is 66.7 cm³/mol. The summed E-state index contributed by atoms with van der Waals surface area (Å²) in [5.74, 6) is 2.02. The van der Waals surface area contributed by atoms with Gasteiger partial charge in [-0.25, -0.2) is 0 Å². The van der Waals surface area contributed by atoms with E-state index in [2.05, 4.69) is 6.92 Å². The molecule has 0 atom stereocenters. The summed E-state index contributed by atoms with van der Waals surface area (Å²) in [6, 6.07) is 0. The van der Waals surface area contributed by atoms with E-state index in [-0.39, 0.29) is 0 Å². The van der Waals surface area contributed by atoms with Gasteiger partial charge < -0.3 is 9.47 Å². The van der Waals surface area contributed by atoms with Crippen molar-refractivity contribution in [2.75, 3.05) is 13.2 Å². The Hall–Kier alpha value is -0.920. The molecule has 2 nitrogen and oxygen atoms in total. The molecule has 0 bridgehead atoms. The van der Waals surface area contributed by atoms with E-state index >= 15 is 0 Å². The first-order valence-corrected chi connectivity index (χ1v) is 5.63. The third-order valence-corrected chi connectivity index (χ3v) is 1.72. The van der Waals surface area contributed by atoms with E-state index in [9.17, 15) is 0 Å². The lowest BCUT2D eigenvalue weighted by Gasteiger charge is -2.01. The van der Waals surface area contributed by atoms with Gasteiger partial charge in [-0.1, -0.05) is 19.1 Å². The number of hydrogen-bond donors (Lipinski definition) is 0. The van der Waals surface area contributed by atoms with Crippen LogP contribution in [0.3, 0.4) is 0 Å². The van der Waals surface area contributed by atoms with Gasteiger partial charge in [0.1, 0.15) is 0 Å². The first-order valence-electron chi connectivity index (χ1n) is 5.63. The van der Waals surface area contributed by atoms with Crippen molar-refractivity contribution in [3.05, 3.63) is 23.7 Å². The molecular weight excluding hydrogens is 188 g/mol. The van der Waals surface area contributed by atoms with Crippen LogP contribution in [0.2, 0.25) is 0 Å². The van der Waals surface area contributed by atoms with Gasteiger partial charge in [0.15, 0.2) is 0 Å². The van der Waals surface area contributed by atoms with Crippen LogP contribution in [0.5, 0.6) is 0 Å². The Morgan fingerprint density at radius 1 is 0.933 bits per heavy atom. The fourth-order valence-corrected chi connectivity index (χ4v) is 0.657. The summed E-state index contributed by atoms with van der Waals surface area (Å²) in [4.78, 5) is 0. The average Bonchev–Trinajstić information content (AvgIpc) is 2.26. The molecule has 0 spiro atoms. The largest absolute Gasteiger partial charge is 0.499 e. The minimum absolute atomic E-state index is 0.774. The van der Waals surface area contributed by atoms with Crippen molar-refractivity contribution in [3.8, 4) is 0 Å². The Balaban J connectivity index is 0. The molecule has 15 heavy (non-hydrogen) atoms. The van der Waals surface area contributed by atoms with Crippen molar-refractivity contribution >= 4 is 0 Å². The van der Waals surface area contributed by atoms with Gasteiger partial charge in [-0.3, -0.25) is 0 Å². The maximum atomic E-state index is 5.20. The van der Waals surface area contributed by atoms with Crippen molar-refractivity contribution in [1.29, 1.82) is 0 Å². The van der Waals surface area contributed by atoms with Crippen LogP contribution >= 0.6 is 0 Å². The molecule has 0 aliphatic heterocycles. The minimum Gasteiger partial charge on any atom is -0.499 e. The summed E-state index contributed by atoms with van der Waals surface area (Å²) in [6.07, 6.45) is 5.00. The van der Waals surface area contributed by atoms with Gasteiger partial charge in [-0.05, 0) is 41.0 Å². The zero-order valence-corrected chi connectivity index (χ0v) is 11.1. The van der Waals surface area contributed by atoms with E-state index in [0.29, 0.717) is 0 Å². The zero-order chi connectivity index (χ0) is 12.1. The molecule has 0 aliphatic carbocycles. The van der Waals surface area contributed by atoms with Crippen molar-refractivity contribution in [3.63, 3.8) is 0 Å². The van der Waals surface area contributed by atoms with Gasteiger partial charge in [0, 0.05) is 0 Å². The van der Waals surface area contributed by atoms with E-state index in [1.54, 1.807) is 0 Å². The summed E-state index contributed by atoms with van der Waals surface area (Å²) in [6.45, 7) is 13.6. The molecule has 0 saturated heterocycles. The highest BCUT2D eigenvalue weighted by Crippen LogP contribution is 1.94. The molecule has 0 rings (SSSR count). The first kappa shape index (κ1) is 16.5. The molecule has 90 valence electrons. The molecule has 0 saturated carbocycles. The number of hydrogen-bond acceptors (Lipinski definition) is 2. The van der Waals surface area contributed by atoms with Crippen LogP contribution in [0, 0.1) is 0 Å². The minimum atomic E-state index is 0.774. The molecule has 0 fully saturated rings. The third kappa shape index (κ3) is 15.8. The number of rotatable bonds is 5. The van der Waals surface area contributed by atoms with Crippen LogP contribution in [-0.2, 0) is 9.47 Å². The molecule has 0 radical (unpaired) electrons. The second-order valence-electron chi connectivity index (χ2n) is 3.08. The second kappa shape index (κ2) is 13.1. The Labute approximate surface area is 95.0 Å². The second-order valence-corrected chi connectivity index (χ2v) is 3.08. The monoisotopic (exact) mass is 214 g/mol. The summed E-state index contributed by atoms with van der Waals surface area (Å²) in [5.41, 5.74) is 0. The average molecular weight is 214 g/mol. The Morgan fingerprint density at radius 3 is 1.67 bits per heavy atom. The maximum absolute atomic E-state index is 5.20. The topological polar surface area (TPSA) is 18.5 Å². The summed E-state index contributed by atoms with van der Waals surface area (Å²) < 4.78 is 10.3. The van der Waals surface area contributed by atoms with Gasteiger partial charge in [-0.2, -0.15) is 0 Å². The van der Waals surface area contributed by atoms with Gasteiger partial charge in [0.2, 0.25) is 0 Å². The van der Waals surface area contributed by atoms with Crippen LogP contribution in [-0.4, -0.2) is 13.2 Å². The molecule has 0 aromatic rings. The van der Waals surface area contributed by atoms with Gasteiger partial charge in [0.05, 0.1) is 24.7 Å². The molecule has 0 aromatic carbocycles. The van der Waals surface area contributed by atoms with Crippen molar-refractivity contribution in [2.45, 2.75) is 48.0 Å². The lowest BCUT2D eigenvalue weighted by molar-refractivity contribution is 0.214. The van der Waals surface area contributed by atoms with Gasteiger partial charge >= 0.3 is 0 Å². The van der Waals surface area contributed by atoms with Gasteiger partial charge in [0.25, 0.3) is 0 Å². The fourth-order valence-electron chi connectivity index (χ4n) is 0.657. The molecule has 0 amide bonds. The zero-order valence-electron chi connectivity index (χ0n) is 11.1. The SMILES string of the molecule is CC=C(C)OCC.CC=C(C)OCCC. The smallest absolute Gasteiger partial charge is 0.0886 e. The molecule has 2 heteroatoms. The van der Waals surface area contributed by atoms with Gasteiger partial charge in [-0.15, -0.1) is 0 Å². The van der Waals surface area contributed by atoms with Crippen LogP contribution in [0.15, 0.2) is 23.7 Å². The highest BCUT2D eigenvalue weighted by molar-refractivity contribution is 4.84. The van der Waals surface area contributed by atoms with Crippen molar-refractivity contribution in [2.24, 2.45) is 0 Å². The number of ether oxygens (including phenoxy) is 2. The predicted octanol–water partition coefficient (Wildman–Crippen LogP) is 4.28. The summed E-state index contributed by atoms with van der Waals surface area (Å²) in [5, 5.41) is 0. The standard InChI is InChI=1S/C7H14O.C6H12O/c1-4-6-8-7(3)5-2;1-4-6(3)7-5-2/h5H,4,6H2,1-3H3;4H,5H2,1-3H3. The van der Waals surface area contributed by atoms with Crippen LogP contribution in [0.4, 0.5) is 0 Å². The Morgan fingerprint density at radius 2 is 1.40 bits per heavy atom. The molecule has 0 heterocycles.